The summed E-state index contributed by atoms with van der Waals surface area (Å²) in [6.45, 7) is 6.56. The highest BCUT2D eigenvalue weighted by atomic mass is 35.5. The van der Waals surface area contributed by atoms with Gasteiger partial charge in [-0.3, -0.25) is 4.79 Å². The van der Waals surface area contributed by atoms with Crippen molar-refractivity contribution in [3.05, 3.63) is 64.2 Å². The van der Waals surface area contributed by atoms with Gasteiger partial charge in [0.05, 0.1) is 19.0 Å². The van der Waals surface area contributed by atoms with Crippen molar-refractivity contribution in [2.75, 3.05) is 18.0 Å². The van der Waals surface area contributed by atoms with Gasteiger partial charge in [0.15, 0.2) is 0 Å². The molecule has 26 heavy (non-hydrogen) atoms. The first kappa shape index (κ1) is 20.0. The Hall–Kier alpha value is -2.35. The van der Waals surface area contributed by atoms with Crippen LogP contribution in [0.5, 0.6) is 0 Å². The predicted molar refractivity (Wildman–Crippen MR) is 106 cm³/mol. The van der Waals surface area contributed by atoms with Crippen molar-refractivity contribution >= 4 is 23.2 Å². The van der Waals surface area contributed by atoms with Crippen LogP contribution in [-0.2, 0) is 4.79 Å². The van der Waals surface area contributed by atoms with Crippen LogP contribution in [0.15, 0.2) is 42.5 Å². The third kappa shape index (κ3) is 5.08. The zero-order valence-corrected chi connectivity index (χ0v) is 16.2. The Morgan fingerprint density at radius 3 is 2.62 bits per heavy atom. The Kier molecular flexibility index (Phi) is 7.20. The predicted octanol–water partition coefficient (Wildman–Crippen LogP) is 4.55. The van der Waals surface area contributed by atoms with Crippen LogP contribution in [0.2, 0.25) is 5.02 Å². The molecule has 2 rings (SSSR count). The van der Waals surface area contributed by atoms with Crippen molar-refractivity contribution in [2.45, 2.75) is 33.2 Å². The van der Waals surface area contributed by atoms with Gasteiger partial charge in [0.1, 0.15) is 0 Å². The molecule has 0 saturated heterocycles. The fourth-order valence-corrected chi connectivity index (χ4v) is 2.99. The quantitative estimate of drug-likeness (QED) is 0.778. The van der Waals surface area contributed by atoms with Crippen molar-refractivity contribution in [1.82, 2.24) is 5.32 Å². The van der Waals surface area contributed by atoms with Crippen LogP contribution in [0, 0.1) is 25.2 Å². The number of hydrogen-bond acceptors (Lipinski definition) is 3. The first-order chi connectivity index (χ1) is 12.4. The first-order valence-corrected chi connectivity index (χ1v) is 9.04. The molecule has 0 spiro atoms. The maximum atomic E-state index is 12.8. The molecule has 5 heteroatoms. The molecule has 1 unspecified atom stereocenters. The molecule has 136 valence electrons. The van der Waals surface area contributed by atoms with Crippen LogP contribution in [0.1, 0.15) is 36.1 Å². The fraction of sp³-hybridized carbons (Fsp3) is 0.333. The largest absolute Gasteiger partial charge is 0.310 e. The smallest absolute Gasteiger partial charge is 0.240 e. The molecule has 0 saturated carbocycles. The average Bonchev–Trinajstić information content (AvgIpc) is 2.63. The number of carbonyl (C=O) groups excluding carboxylic acids is 1. The highest BCUT2D eigenvalue weighted by Crippen LogP contribution is 2.23. The van der Waals surface area contributed by atoms with E-state index in [1.165, 1.54) is 11.1 Å². The van der Waals surface area contributed by atoms with E-state index in [2.05, 4.69) is 30.4 Å². The maximum absolute atomic E-state index is 12.8. The van der Waals surface area contributed by atoms with Gasteiger partial charge in [-0.15, -0.1) is 0 Å². The zero-order valence-electron chi connectivity index (χ0n) is 15.4. The Bertz CT molecular complexity index is 813. The fourth-order valence-electron chi connectivity index (χ4n) is 2.87. The first-order valence-electron chi connectivity index (χ1n) is 8.66. The Morgan fingerprint density at radius 2 is 1.96 bits per heavy atom. The minimum absolute atomic E-state index is 0.0601. The normalized spacial score (nSPS) is 11.7. The molecule has 1 atom stereocenters. The molecular weight excluding hydrogens is 346 g/mol. The third-order valence-corrected chi connectivity index (χ3v) is 4.84. The van der Waals surface area contributed by atoms with Gasteiger partial charge in [0, 0.05) is 23.3 Å². The summed E-state index contributed by atoms with van der Waals surface area (Å²) in [5, 5.41) is 12.9. The van der Waals surface area contributed by atoms with Gasteiger partial charge in [0.2, 0.25) is 5.91 Å². The van der Waals surface area contributed by atoms with Crippen molar-refractivity contribution in [3.8, 4) is 6.07 Å². The monoisotopic (exact) mass is 369 g/mol. The summed E-state index contributed by atoms with van der Waals surface area (Å²) in [5.41, 5.74) is 4.03. The second-order valence-corrected chi connectivity index (χ2v) is 6.75. The van der Waals surface area contributed by atoms with Crippen LogP contribution in [0.3, 0.4) is 0 Å². The van der Waals surface area contributed by atoms with Gasteiger partial charge in [-0.25, -0.2) is 0 Å². The molecule has 2 aromatic rings. The number of anilines is 1. The van der Waals surface area contributed by atoms with Crippen molar-refractivity contribution in [1.29, 1.82) is 5.26 Å². The van der Waals surface area contributed by atoms with Crippen LogP contribution in [0.25, 0.3) is 0 Å². The van der Waals surface area contributed by atoms with Gasteiger partial charge in [-0.1, -0.05) is 35.9 Å². The van der Waals surface area contributed by atoms with Crippen LogP contribution >= 0.6 is 11.6 Å². The SMILES string of the molecule is Cc1cc(N(CCC#N)C(=O)CNC(C)c2ccccc2C)ccc1Cl. The number of nitrogens with zero attached hydrogens (tertiary/aromatic N) is 2. The molecule has 0 fully saturated rings. The van der Waals surface area contributed by atoms with Gasteiger partial charge < -0.3 is 10.2 Å². The van der Waals surface area contributed by atoms with Crippen molar-refractivity contribution in [3.63, 3.8) is 0 Å². The van der Waals surface area contributed by atoms with E-state index in [-0.39, 0.29) is 24.9 Å². The Balaban J connectivity index is 2.10. The summed E-state index contributed by atoms with van der Waals surface area (Å²) in [6, 6.07) is 15.8. The second kappa shape index (κ2) is 9.38. The number of aryl methyl sites for hydroxylation is 2. The van der Waals surface area contributed by atoms with Crippen molar-refractivity contribution in [2.24, 2.45) is 0 Å². The van der Waals surface area contributed by atoms with Gasteiger partial charge >= 0.3 is 0 Å². The Morgan fingerprint density at radius 1 is 1.23 bits per heavy atom. The molecule has 4 nitrogen and oxygen atoms in total. The molecule has 0 aliphatic heterocycles. The summed E-state index contributed by atoms with van der Waals surface area (Å²) in [4.78, 5) is 14.4. The summed E-state index contributed by atoms with van der Waals surface area (Å²) in [7, 11) is 0. The lowest BCUT2D eigenvalue weighted by molar-refractivity contribution is -0.117. The highest BCUT2D eigenvalue weighted by molar-refractivity contribution is 6.31. The molecule has 1 amide bonds. The molecular formula is C21H24ClN3O. The van der Waals surface area contributed by atoms with E-state index in [9.17, 15) is 4.79 Å². The zero-order chi connectivity index (χ0) is 19.1. The number of halogens is 1. The van der Waals surface area contributed by atoms with E-state index in [0.717, 1.165) is 11.3 Å². The van der Waals surface area contributed by atoms with Gasteiger partial charge in [-0.05, 0) is 55.7 Å². The number of benzene rings is 2. The molecule has 0 heterocycles. The minimum Gasteiger partial charge on any atom is -0.310 e. The number of nitrogens with one attached hydrogen (secondary N) is 1. The number of nitriles is 1. The molecule has 0 aromatic heterocycles. The number of rotatable bonds is 7. The summed E-state index contributed by atoms with van der Waals surface area (Å²) >= 11 is 6.09. The van der Waals surface area contributed by atoms with Crippen LogP contribution in [0.4, 0.5) is 5.69 Å². The van der Waals surface area contributed by atoms with E-state index in [4.69, 9.17) is 16.9 Å². The lowest BCUT2D eigenvalue weighted by Crippen LogP contribution is -2.39. The Labute approximate surface area is 160 Å². The molecule has 1 N–H and O–H groups in total. The second-order valence-electron chi connectivity index (χ2n) is 6.35. The third-order valence-electron chi connectivity index (χ3n) is 4.42. The molecule has 2 aromatic carbocycles. The average molecular weight is 370 g/mol. The van der Waals surface area contributed by atoms with Crippen LogP contribution in [-0.4, -0.2) is 19.0 Å². The summed E-state index contributed by atoms with van der Waals surface area (Å²) in [6.07, 6.45) is 0.279. The minimum atomic E-state index is -0.0672. The molecule has 0 aliphatic carbocycles. The number of carbonyl (C=O) groups is 1. The topological polar surface area (TPSA) is 56.1 Å². The maximum Gasteiger partial charge on any atom is 0.240 e. The number of hydrogen-bond donors (Lipinski definition) is 1. The van der Waals surface area contributed by atoms with Gasteiger partial charge in [-0.2, -0.15) is 5.26 Å². The van der Waals surface area contributed by atoms with Crippen molar-refractivity contribution < 1.29 is 4.79 Å². The van der Waals surface area contributed by atoms with Crippen LogP contribution < -0.4 is 10.2 Å². The molecule has 0 radical (unpaired) electrons. The van der Waals surface area contributed by atoms with Gasteiger partial charge in [0.25, 0.3) is 0 Å². The molecule has 0 aliphatic rings. The highest BCUT2D eigenvalue weighted by Gasteiger charge is 2.17. The molecule has 0 bridgehead atoms. The number of amides is 1. The van der Waals surface area contributed by atoms with E-state index in [1.807, 2.05) is 38.1 Å². The summed E-state index contributed by atoms with van der Waals surface area (Å²) < 4.78 is 0. The lowest BCUT2D eigenvalue weighted by atomic mass is 10.0. The van der Waals surface area contributed by atoms with E-state index >= 15 is 0 Å². The lowest BCUT2D eigenvalue weighted by Gasteiger charge is -2.24. The standard InChI is InChI=1S/C21H24ClN3O/c1-15-7-4-5-8-19(15)17(3)24-14-21(26)25(12-6-11-23)18-9-10-20(22)16(2)13-18/h4-5,7-10,13,17,24H,6,12,14H2,1-3H3. The van der Waals surface area contributed by atoms with E-state index in [0.29, 0.717) is 11.6 Å². The van der Waals surface area contributed by atoms with E-state index < -0.39 is 0 Å². The van der Waals surface area contributed by atoms with E-state index in [1.54, 1.807) is 11.0 Å². The summed E-state index contributed by atoms with van der Waals surface area (Å²) in [5.74, 6) is -0.0672.